The van der Waals surface area contributed by atoms with Crippen molar-refractivity contribution in [3.63, 3.8) is 0 Å². The van der Waals surface area contributed by atoms with E-state index in [1.165, 1.54) is 4.88 Å². The number of guanidine groups is 1. The second-order valence-electron chi connectivity index (χ2n) is 6.56. The molecule has 150 valence electrons. The molecule has 0 spiro atoms. The van der Waals surface area contributed by atoms with E-state index >= 15 is 0 Å². The van der Waals surface area contributed by atoms with Gasteiger partial charge in [0.05, 0.1) is 13.7 Å². The highest BCUT2D eigenvalue weighted by Gasteiger charge is 2.21. The van der Waals surface area contributed by atoms with E-state index in [2.05, 4.69) is 47.0 Å². The van der Waals surface area contributed by atoms with Crippen molar-refractivity contribution in [2.24, 2.45) is 4.99 Å². The van der Waals surface area contributed by atoms with Gasteiger partial charge in [-0.2, -0.15) is 0 Å². The number of hydrogen-bond acceptors (Lipinski definition) is 4. The molecule has 0 bridgehead atoms. The van der Waals surface area contributed by atoms with E-state index in [9.17, 15) is 0 Å². The number of aliphatic imine (C=N–C) groups is 1. The van der Waals surface area contributed by atoms with Gasteiger partial charge in [-0.05, 0) is 36.1 Å². The first kappa shape index (κ1) is 23.6. The Bertz CT molecular complexity index is 718. The number of thiophene rings is 1. The maximum atomic E-state index is 5.64. The molecule has 0 radical (unpaired) electrons. The summed E-state index contributed by atoms with van der Waals surface area (Å²) >= 11 is 1.78. The zero-order valence-corrected chi connectivity index (χ0v) is 19.8. The van der Waals surface area contributed by atoms with Crippen LogP contribution >= 0.6 is 35.3 Å². The van der Waals surface area contributed by atoms with Crippen LogP contribution in [0.4, 0.5) is 0 Å². The van der Waals surface area contributed by atoms with Gasteiger partial charge in [0.15, 0.2) is 17.5 Å². The fourth-order valence-corrected chi connectivity index (χ4v) is 3.41. The molecule has 0 aliphatic carbocycles. The minimum Gasteiger partial charge on any atom is -0.493 e. The standard InChI is InChI=1S/C20H29N3O2S.HI/c1-6-25-17-12-15(9-10-16(17)24-5)13-22-19(21-4)23-14-20(2,3)18-8-7-11-26-18;/h7-12H,6,13-14H2,1-5H3,(H2,21,22,23);1H. The van der Waals surface area contributed by atoms with Crippen LogP contribution in [-0.2, 0) is 12.0 Å². The third kappa shape index (κ3) is 6.88. The second-order valence-corrected chi connectivity index (χ2v) is 7.51. The number of nitrogens with one attached hydrogen (secondary N) is 2. The van der Waals surface area contributed by atoms with Crippen molar-refractivity contribution >= 4 is 41.3 Å². The van der Waals surface area contributed by atoms with Crippen molar-refractivity contribution in [1.29, 1.82) is 0 Å². The largest absolute Gasteiger partial charge is 0.493 e. The topological polar surface area (TPSA) is 54.9 Å². The third-order valence-electron chi connectivity index (χ3n) is 4.10. The van der Waals surface area contributed by atoms with Gasteiger partial charge in [-0.15, -0.1) is 35.3 Å². The van der Waals surface area contributed by atoms with E-state index in [1.54, 1.807) is 25.5 Å². The highest BCUT2D eigenvalue weighted by atomic mass is 127. The van der Waals surface area contributed by atoms with Crippen LogP contribution in [-0.4, -0.2) is 33.3 Å². The first-order valence-corrected chi connectivity index (χ1v) is 9.66. The Morgan fingerprint density at radius 2 is 1.96 bits per heavy atom. The van der Waals surface area contributed by atoms with E-state index in [4.69, 9.17) is 9.47 Å². The molecule has 2 N–H and O–H groups in total. The molecule has 1 aromatic carbocycles. The maximum Gasteiger partial charge on any atom is 0.191 e. The molecule has 1 heterocycles. The van der Waals surface area contributed by atoms with Crippen LogP contribution in [0.5, 0.6) is 11.5 Å². The van der Waals surface area contributed by atoms with Gasteiger partial charge < -0.3 is 20.1 Å². The smallest absolute Gasteiger partial charge is 0.191 e. The minimum atomic E-state index is 0. The number of benzene rings is 1. The molecule has 7 heteroatoms. The fourth-order valence-electron chi connectivity index (χ4n) is 2.56. The quantitative estimate of drug-likeness (QED) is 0.318. The molecule has 0 atom stereocenters. The summed E-state index contributed by atoms with van der Waals surface area (Å²) in [4.78, 5) is 5.68. The van der Waals surface area contributed by atoms with Gasteiger partial charge in [0.2, 0.25) is 0 Å². The Morgan fingerprint density at radius 1 is 1.19 bits per heavy atom. The predicted molar refractivity (Wildman–Crippen MR) is 125 cm³/mol. The van der Waals surface area contributed by atoms with Crippen molar-refractivity contribution in [2.75, 3.05) is 27.3 Å². The summed E-state index contributed by atoms with van der Waals surface area (Å²) in [5, 5.41) is 8.89. The van der Waals surface area contributed by atoms with Crippen LogP contribution in [0.25, 0.3) is 0 Å². The lowest BCUT2D eigenvalue weighted by Crippen LogP contribution is -2.42. The van der Waals surface area contributed by atoms with Crippen molar-refractivity contribution in [2.45, 2.75) is 32.7 Å². The normalized spacial score (nSPS) is 11.5. The highest BCUT2D eigenvalue weighted by molar-refractivity contribution is 14.0. The lowest BCUT2D eigenvalue weighted by molar-refractivity contribution is 0.310. The molecular weight excluding hydrogens is 473 g/mol. The van der Waals surface area contributed by atoms with Crippen molar-refractivity contribution in [3.8, 4) is 11.5 Å². The van der Waals surface area contributed by atoms with Crippen LogP contribution in [0.15, 0.2) is 40.7 Å². The number of halogens is 1. The molecule has 27 heavy (non-hydrogen) atoms. The van der Waals surface area contributed by atoms with Gasteiger partial charge in [-0.1, -0.05) is 26.0 Å². The SMILES string of the molecule is CCOc1cc(CNC(=NC)NCC(C)(C)c2cccs2)ccc1OC.I. The monoisotopic (exact) mass is 503 g/mol. The Balaban J connectivity index is 0.00000364. The van der Waals surface area contributed by atoms with Gasteiger partial charge in [0, 0.05) is 30.4 Å². The summed E-state index contributed by atoms with van der Waals surface area (Å²) in [6.45, 7) is 8.50. The zero-order valence-electron chi connectivity index (χ0n) is 16.7. The molecule has 0 fully saturated rings. The van der Waals surface area contributed by atoms with Crippen LogP contribution in [0.1, 0.15) is 31.2 Å². The van der Waals surface area contributed by atoms with E-state index in [0.29, 0.717) is 13.2 Å². The fraction of sp³-hybridized carbons (Fsp3) is 0.450. The Morgan fingerprint density at radius 3 is 2.56 bits per heavy atom. The van der Waals surface area contributed by atoms with Crippen LogP contribution in [0.3, 0.4) is 0 Å². The van der Waals surface area contributed by atoms with Crippen molar-refractivity contribution in [3.05, 3.63) is 46.2 Å². The van der Waals surface area contributed by atoms with Crippen LogP contribution in [0.2, 0.25) is 0 Å². The average molecular weight is 503 g/mol. The highest BCUT2D eigenvalue weighted by Crippen LogP contribution is 2.28. The summed E-state index contributed by atoms with van der Waals surface area (Å²) in [7, 11) is 3.43. The summed E-state index contributed by atoms with van der Waals surface area (Å²) in [6.07, 6.45) is 0. The molecule has 0 unspecified atom stereocenters. The second kappa shape index (κ2) is 11.4. The molecule has 2 aromatic rings. The van der Waals surface area contributed by atoms with Crippen LogP contribution in [0, 0.1) is 0 Å². The van der Waals surface area contributed by atoms with Gasteiger partial charge in [-0.25, -0.2) is 0 Å². The molecule has 1 aromatic heterocycles. The molecule has 0 saturated carbocycles. The first-order valence-electron chi connectivity index (χ1n) is 8.78. The zero-order chi connectivity index (χ0) is 19.0. The first-order chi connectivity index (χ1) is 12.5. The molecule has 5 nitrogen and oxygen atoms in total. The van der Waals surface area contributed by atoms with Gasteiger partial charge in [0.25, 0.3) is 0 Å². The van der Waals surface area contributed by atoms with Gasteiger partial charge >= 0.3 is 0 Å². The molecule has 0 aliphatic heterocycles. The van der Waals surface area contributed by atoms with E-state index < -0.39 is 0 Å². The summed E-state index contributed by atoms with van der Waals surface area (Å²) in [5.74, 6) is 2.29. The summed E-state index contributed by atoms with van der Waals surface area (Å²) < 4.78 is 11.0. The molecule has 2 rings (SSSR count). The van der Waals surface area contributed by atoms with Gasteiger partial charge in [-0.3, -0.25) is 4.99 Å². The third-order valence-corrected chi connectivity index (χ3v) is 5.33. The van der Waals surface area contributed by atoms with E-state index in [1.807, 2.05) is 25.1 Å². The Kier molecular flexibility index (Phi) is 9.93. The minimum absolute atomic E-state index is 0. The van der Waals surface area contributed by atoms with E-state index in [0.717, 1.165) is 29.6 Å². The van der Waals surface area contributed by atoms with Crippen LogP contribution < -0.4 is 20.1 Å². The number of nitrogens with zero attached hydrogens (tertiary/aromatic N) is 1. The molecular formula is C20H30IN3O2S. The maximum absolute atomic E-state index is 5.64. The van der Waals surface area contributed by atoms with Crippen molar-refractivity contribution in [1.82, 2.24) is 10.6 Å². The summed E-state index contributed by atoms with van der Waals surface area (Å²) in [5.41, 5.74) is 1.16. The molecule has 0 aliphatic rings. The average Bonchev–Trinajstić information content (AvgIpc) is 3.18. The molecule has 0 amide bonds. The number of rotatable bonds is 8. The number of methoxy groups -OCH3 is 1. The van der Waals surface area contributed by atoms with Gasteiger partial charge in [0.1, 0.15) is 0 Å². The lowest BCUT2D eigenvalue weighted by Gasteiger charge is -2.25. The summed E-state index contributed by atoms with van der Waals surface area (Å²) in [6, 6.07) is 10.2. The van der Waals surface area contributed by atoms with E-state index in [-0.39, 0.29) is 29.4 Å². The number of hydrogen-bond donors (Lipinski definition) is 2. The Labute approximate surface area is 183 Å². The lowest BCUT2D eigenvalue weighted by atomic mass is 9.91. The Hall–Kier alpha value is -1.48. The predicted octanol–water partition coefficient (Wildman–Crippen LogP) is 4.42. The number of ether oxygens (including phenoxy) is 2. The molecule has 0 saturated heterocycles. The van der Waals surface area contributed by atoms with Crippen molar-refractivity contribution < 1.29 is 9.47 Å².